The molecule has 1 unspecified atom stereocenters. The lowest BCUT2D eigenvalue weighted by molar-refractivity contribution is -0.123. The van der Waals surface area contributed by atoms with Crippen LogP contribution in [0.25, 0.3) is 0 Å². The van der Waals surface area contributed by atoms with Crippen LogP contribution in [0.3, 0.4) is 0 Å². The number of benzene rings is 1. The predicted octanol–water partition coefficient (Wildman–Crippen LogP) is 1.89. The molecular formula is C17H26N2O2. The summed E-state index contributed by atoms with van der Waals surface area (Å²) in [5, 5.41) is 6.23. The van der Waals surface area contributed by atoms with Gasteiger partial charge in [-0.25, -0.2) is 0 Å². The van der Waals surface area contributed by atoms with E-state index >= 15 is 0 Å². The molecule has 0 saturated carbocycles. The maximum Gasteiger partial charge on any atom is 0.237 e. The van der Waals surface area contributed by atoms with Crippen molar-refractivity contribution in [1.82, 2.24) is 10.6 Å². The lowest BCUT2D eigenvalue weighted by Gasteiger charge is -2.22. The summed E-state index contributed by atoms with van der Waals surface area (Å²) in [5.41, 5.74) is 1.30. The topological polar surface area (TPSA) is 50.4 Å². The Balaban J connectivity index is 1.45. The van der Waals surface area contributed by atoms with Crippen LogP contribution in [-0.4, -0.2) is 38.3 Å². The van der Waals surface area contributed by atoms with Crippen LogP contribution in [0.5, 0.6) is 0 Å². The van der Waals surface area contributed by atoms with Gasteiger partial charge in [0.2, 0.25) is 5.91 Å². The van der Waals surface area contributed by atoms with E-state index in [1.807, 2.05) is 18.2 Å². The van der Waals surface area contributed by atoms with Gasteiger partial charge in [0, 0.05) is 13.2 Å². The van der Waals surface area contributed by atoms with Gasteiger partial charge in [-0.3, -0.25) is 4.79 Å². The molecule has 0 aromatic heterocycles. The van der Waals surface area contributed by atoms with Gasteiger partial charge in [-0.2, -0.15) is 0 Å². The van der Waals surface area contributed by atoms with Gasteiger partial charge in [-0.15, -0.1) is 0 Å². The molecule has 1 aliphatic rings. The highest BCUT2D eigenvalue weighted by atomic mass is 16.5. The number of rotatable bonds is 8. The molecule has 116 valence electrons. The Kier molecular flexibility index (Phi) is 7.25. The van der Waals surface area contributed by atoms with E-state index in [1.54, 1.807) is 0 Å². The van der Waals surface area contributed by atoms with Crippen LogP contribution in [-0.2, 0) is 16.0 Å². The second-order valence-corrected chi connectivity index (χ2v) is 5.50. The number of piperidine rings is 1. The summed E-state index contributed by atoms with van der Waals surface area (Å²) >= 11 is 0. The Morgan fingerprint density at radius 1 is 1.24 bits per heavy atom. The van der Waals surface area contributed by atoms with Crippen molar-refractivity contribution in [3.8, 4) is 0 Å². The predicted molar refractivity (Wildman–Crippen MR) is 84.2 cm³/mol. The Labute approximate surface area is 127 Å². The van der Waals surface area contributed by atoms with E-state index < -0.39 is 0 Å². The lowest BCUT2D eigenvalue weighted by Crippen LogP contribution is -2.46. The van der Waals surface area contributed by atoms with Crippen LogP contribution in [0, 0.1) is 0 Å². The third-order valence-corrected chi connectivity index (χ3v) is 3.77. The molecule has 0 bridgehead atoms. The smallest absolute Gasteiger partial charge is 0.237 e. The average Bonchev–Trinajstić information content (AvgIpc) is 2.55. The molecule has 1 aromatic rings. The normalized spacial score (nSPS) is 18.4. The molecule has 2 N–H and O–H groups in total. The molecule has 1 aromatic carbocycles. The van der Waals surface area contributed by atoms with E-state index in [4.69, 9.17) is 4.74 Å². The fourth-order valence-electron chi connectivity index (χ4n) is 2.52. The van der Waals surface area contributed by atoms with Gasteiger partial charge in [-0.1, -0.05) is 36.8 Å². The molecule has 4 nitrogen and oxygen atoms in total. The summed E-state index contributed by atoms with van der Waals surface area (Å²) in [5.74, 6) is 0.138. The molecule has 0 radical (unpaired) electrons. The van der Waals surface area contributed by atoms with Gasteiger partial charge in [-0.05, 0) is 37.8 Å². The summed E-state index contributed by atoms with van der Waals surface area (Å²) in [6.07, 6.45) is 5.10. The molecule has 2 rings (SSSR count). The van der Waals surface area contributed by atoms with Crippen LogP contribution in [0.4, 0.5) is 0 Å². The maximum atomic E-state index is 11.9. The summed E-state index contributed by atoms with van der Waals surface area (Å²) in [7, 11) is 0. The fraction of sp³-hybridized carbons (Fsp3) is 0.588. The van der Waals surface area contributed by atoms with Gasteiger partial charge in [0.1, 0.15) is 0 Å². The second kappa shape index (κ2) is 9.53. The van der Waals surface area contributed by atoms with Gasteiger partial charge in [0.05, 0.1) is 12.6 Å². The number of hydrogen-bond acceptors (Lipinski definition) is 3. The first kappa shape index (κ1) is 16.0. The Hall–Kier alpha value is -1.39. The average molecular weight is 290 g/mol. The molecule has 1 saturated heterocycles. The molecule has 0 aliphatic carbocycles. The van der Waals surface area contributed by atoms with Crippen molar-refractivity contribution in [2.75, 3.05) is 26.3 Å². The molecule has 1 aliphatic heterocycles. The first-order valence-corrected chi connectivity index (χ1v) is 7.99. The summed E-state index contributed by atoms with van der Waals surface area (Å²) in [6, 6.07) is 10.3. The second-order valence-electron chi connectivity index (χ2n) is 5.50. The molecule has 1 amide bonds. The minimum absolute atomic E-state index is 0.0118. The number of nitrogens with one attached hydrogen (secondary N) is 2. The van der Waals surface area contributed by atoms with Crippen LogP contribution < -0.4 is 10.6 Å². The largest absolute Gasteiger partial charge is 0.381 e. The highest BCUT2D eigenvalue weighted by Crippen LogP contribution is 2.06. The molecule has 1 heterocycles. The summed E-state index contributed by atoms with van der Waals surface area (Å²) < 4.78 is 5.60. The van der Waals surface area contributed by atoms with Crippen molar-refractivity contribution in [3.05, 3.63) is 35.9 Å². The van der Waals surface area contributed by atoms with Crippen molar-refractivity contribution < 1.29 is 9.53 Å². The monoisotopic (exact) mass is 290 g/mol. The van der Waals surface area contributed by atoms with Crippen LogP contribution in [0.15, 0.2) is 30.3 Å². The van der Waals surface area contributed by atoms with Crippen molar-refractivity contribution in [2.45, 2.75) is 38.1 Å². The number of ether oxygens (including phenoxy) is 1. The molecule has 0 spiro atoms. The molecule has 1 fully saturated rings. The van der Waals surface area contributed by atoms with Crippen LogP contribution in [0.2, 0.25) is 0 Å². The van der Waals surface area contributed by atoms with Gasteiger partial charge < -0.3 is 15.4 Å². The first-order chi connectivity index (χ1) is 10.4. The molecule has 21 heavy (non-hydrogen) atoms. The van der Waals surface area contributed by atoms with E-state index in [9.17, 15) is 4.79 Å². The Bertz CT molecular complexity index is 403. The SMILES string of the molecule is O=C(NCCCOCCc1ccccc1)C1CCCCN1. The lowest BCUT2D eigenvalue weighted by atomic mass is 10.0. The van der Waals surface area contributed by atoms with E-state index in [0.29, 0.717) is 13.2 Å². The minimum Gasteiger partial charge on any atom is -0.381 e. The highest BCUT2D eigenvalue weighted by Gasteiger charge is 2.19. The minimum atomic E-state index is 0.0118. The third-order valence-electron chi connectivity index (χ3n) is 3.77. The van der Waals surface area contributed by atoms with Crippen LogP contribution in [0.1, 0.15) is 31.2 Å². The van der Waals surface area contributed by atoms with Crippen molar-refractivity contribution in [3.63, 3.8) is 0 Å². The Morgan fingerprint density at radius 2 is 2.10 bits per heavy atom. The van der Waals surface area contributed by atoms with Crippen molar-refractivity contribution >= 4 is 5.91 Å². The zero-order chi connectivity index (χ0) is 14.8. The number of carbonyl (C=O) groups excluding carboxylic acids is 1. The Morgan fingerprint density at radius 3 is 2.86 bits per heavy atom. The number of hydrogen-bond donors (Lipinski definition) is 2. The van der Waals surface area contributed by atoms with E-state index in [0.717, 1.165) is 38.8 Å². The molecule has 4 heteroatoms. The first-order valence-electron chi connectivity index (χ1n) is 7.99. The third kappa shape index (κ3) is 6.27. The van der Waals surface area contributed by atoms with Crippen LogP contribution >= 0.6 is 0 Å². The fourth-order valence-corrected chi connectivity index (χ4v) is 2.52. The van der Waals surface area contributed by atoms with E-state index in [-0.39, 0.29) is 11.9 Å². The number of amides is 1. The molecule has 1 atom stereocenters. The van der Waals surface area contributed by atoms with Gasteiger partial charge in [0.25, 0.3) is 0 Å². The molecular weight excluding hydrogens is 264 g/mol. The summed E-state index contributed by atoms with van der Waals surface area (Å²) in [4.78, 5) is 11.9. The van der Waals surface area contributed by atoms with Crippen molar-refractivity contribution in [2.24, 2.45) is 0 Å². The van der Waals surface area contributed by atoms with E-state index in [1.165, 1.54) is 12.0 Å². The van der Waals surface area contributed by atoms with E-state index in [2.05, 4.69) is 22.8 Å². The summed E-state index contributed by atoms with van der Waals surface area (Å²) in [6.45, 7) is 3.09. The quantitative estimate of drug-likeness (QED) is 0.719. The van der Waals surface area contributed by atoms with Crippen molar-refractivity contribution in [1.29, 1.82) is 0 Å². The van der Waals surface area contributed by atoms with Gasteiger partial charge in [0.15, 0.2) is 0 Å². The van der Waals surface area contributed by atoms with Gasteiger partial charge >= 0.3 is 0 Å². The highest BCUT2D eigenvalue weighted by molar-refractivity contribution is 5.81. The number of carbonyl (C=O) groups is 1. The maximum absolute atomic E-state index is 11.9. The zero-order valence-electron chi connectivity index (χ0n) is 12.6. The standard InChI is InChI=1S/C17H26N2O2/c20-17(16-9-4-5-11-18-16)19-12-6-13-21-14-10-15-7-2-1-3-8-15/h1-3,7-8,16,18H,4-6,9-14H2,(H,19,20). The zero-order valence-corrected chi connectivity index (χ0v) is 12.6.